The van der Waals surface area contributed by atoms with E-state index in [1.54, 1.807) is 0 Å². The Hall–Kier alpha value is -0.0800. The van der Waals surface area contributed by atoms with Crippen LogP contribution in [-0.2, 0) is 4.74 Å². The molecular formula is C10H19NO. The smallest absolute Gasteiger partial charge is 0.0657 e. The molecule has 2 heteroatoms. The summed E-state index contributed by atoms with van der Waals surface area (Å²) < 4.78 is 5.52. The van der Waals surface area contributed by atoms with Crippen LogP contribution in [-0.4, -0.2) is 26.3 Å². The van der Waals surface area contributed by atoms with Crippen molar-refractivity contribution in [3.8, 4) is 0 Å². The van der Waals surface area contributed by atoms with Gasteiger partial charge in [0, 0.05) is 18.6 Å². The van der Waals surface area contributed by atoms with Gasteiger partial charge in [-0.1, -0.05) is 12.8 Å². The van der Waals surface area contributed by atoms with Gasteiger partial charge >= 0.3 is 0 Å². The zero-order valence-electron chi connectivity index (χ0n) is 8.10. The normalized spacial score (nSPS) is 38.5. The average Bonchev–Trinajstić information content (AvgIpc) is 2.54. The van der Waals surface area contributed by atoms with Crippen molar-refractivity contribution in [2.75, 3.05) is 14.2 Å². The van der Waals surface area contributed by atoms with Gasteiger partial charge in [-0.3, -0.25) is 0 Å². The molecule has 70 valence electrons. The molecule has 1 spiro atoms. The lowest BCUT2D eigenvalue weighted by molar-refractivity contribution is -0.113. The first-order chi connectivity index (χ1) is 5.83. The maximum Gasteiger partial charge on any atom is 0.0657 e. The van der Waals surface area contributed by atoms with Gasteiger partial charge in [0.05, 0.1) is 6.10 Å². The van der Waals surface area contributed by atoms with E-state index in [4.69, 9.17) is 4.74 Å². The molecule has 0 heterocycles. The first-order valence-corrected chi connectivity index (χ1v) is 5.03. The molecule has 2 nitrogen and oxygen atoms in total. The third-order valence-corrected chi connectivity index (χ3v) is 3.95. The lowest BCUT2D eigenvalue weighted by atomic mass is 9.60. The number of nitrogens with one attached hydrogen (secondary N) is 1. The van der Waals surface area contributed by atoms with Gasteiger partial charge in [0.1, 0.15) is 0 Å². The first-order valence-electron chi connectivity index (χ1n) is 5.03. The summed E-state index contributed by atoms with van der Waals surface area (Å²) in [4.78, 5) is 0. The van der Waals surface area contributed by atoms with Gasteiger partial charge in [0.15, 0.2) is 0 Å². The highest BCUT2D eigenvalue weighted by Crippen LogP contribution is 2.54. The zero-order chi connectivity index (χ0) is 8.60. The molecule has 2 rings (SSSR count). The molecule has 0 saturated heterocycles. The molecular weight excluding hydrogens is 150 g/mol. The predicted octanol–water partition coefficient (Wildman–Crippen LogP) is 1.55. The number of hydrogen-bond donors (Lipinski definition) is 1. The van der Waals surface area contributed by atoms with Crippen LogP contribution < -0.4 is 5.32 Å². The highest BCUT2D eigenvalue weighted by Gasteiger charge is 2.55. The molecule has 2 aliphatic carbocycles. The van der Waals surface area contributed by atoms with Crippen LogP contribution in [0.2, 0.25) is 0 Å². The number of hydrogen-bond acceptors (Lipinski definition) is 2. The lowest BCUT2D eigenvalue weighted by Gasteiger charge is -2.53. The summed E-state index contributed by atoms with van der Waals surface area (Å²) in [6.45, 7) is 0. The highest BCUT2D eigenvalue weighted by molar-refractivity contribution is 5.09. The minimum absolute atomic E-state index is 0.517. The van der Waals surface area contributed by atoms with Gasteiger partial charge in [0.25, 0.3) is 0 Å². The average molecular weight is 169 g/mol. The van der Waals surface area contributed by atoms with Crippen LogP contribution in [0.3, 0.4) is 0 Å². The molecule has 0 amide bonds. The Labute approximate surface area is 74.7 Å². The monoisotopic (exact) mass is 169 g/mol. The molecule has 0 bridgehead atoms. The lowest BCUT2D eigenvalue weighted by Crippen LogP contribution is -2.61. The summed E-state index contributed by atoms with van der Waals surface area (Å²) in [6.07, 6.45) is 7.30. The topological polar surface area (TPSA) is 21.3 Å². The van der Waals surface area contributed by atoms with E-state index >= 15 is 0 Å². The van der Waals surface area contributed by atoms with E-state index in [1.165, 1.54) is 32.1 Å². The van der Waals surface area contributed by atoms with Crippen LogP contribution in [0.25, 0.3) is 0 Å². The summed E-state index contributed by atoms with van der Waals surface area (Å²) >= 11 is 0. The molecule has 0 aromatic heterocycles. The fraction of sp³-hybridized carbons (Fsp3) is 1.00. The quantitative estimate of drug-likeness (QED) is 0.677. The molecule has 0 aliphatic heterocycles. The molecule has 0 radical (unpaired) electrons. The Balaban J connectivity index is 2.07. The van der Waals surface area contributed by atoms with Crippen LogP contribution in [0.15, 0.2) is 0 Å². The number of rotatable bonds is 2. The molecule has 2 unspecified atom stereocenters. The van der Waals surface area contributed by atoms with E-state index in [-0.39, 0.29) is 0 Å². The minimum Gasteiger partial charge on any atom is -0.381 e. The Bertz CT molecular complexity index is 151. The third-order valence-electron chi connectivity index (χ3n) is 3.95. The van der Waals surface area contributed by atoms with Crippen LogP contribution >= 0.6 is 0 Å². The van der Waals surface area contributed by atoms with E-state index < -0.39 is 0 Å². The standard InChI is InChI=1S/C10H19NO/c1-11-8-7-9(12-2)10(8)5-3-4-6-10/h8-9,11H,3-7H2,1-2H3. The second-order valence-corrected chi connectivity index (χ2v) is 4.24. The van der Waals surface area contributed by atoms with Gasteiger partial charge in [0.2, 0.25) is 0 Å². The van der Waals surface area contributed by atoms with E-state index in [1.807, 2.05) is 7.11 Å². The predicted molar refractivity (Wildman–Crippen MR) is 49.2 cm³/mol. The summed E-state index contributed by atoms with van der Waals surface area (Å²) in [5, 5.41) is 3.42. The van der Waals surface area contributed by atoms with Crippen LogP contribution in [0.4, 0.5) is 0 Å². The SMILES string of the molecule is CNC1CC(OC)C12CCCC2. The van der Waals surface area contributed by atoms with E-state index in [0.717, 1.165) is 6.04 Å². The first kappa shape index (κ1) is 8.52. The van der Waals surface area contributed by atoms with E-state index in [9.17, 15) is 0 Å². The second kappa shape index (κ2) is 3.00. The van der Waals surface area contributed by atoms with Crippen molar-refractivity contribution in [2.45, 2.75) is 44.2 Å². The highest BCUT2D eigenvalue weighted by atomic mass is 16.5. The fourth-order valence-electron chi connectivity index (χ4n) is 3.19. The van der Waals surface area contributed by atoms with E-state index in [0.29, 0.717) is 11.5 Å². The molecule has 2 atom stereocenters. The van der Waals surface area contributed by atoms with Gasteiger partial charge in [-0.25, -0.2) is 0 Å². The molecule has 0 aromatic rings. The van der Waals surface area contributed by atoms with Crippen molar-refractivity contribution in [1.82, 2.24) is 5.32 Å². The maximum absolute atomic E-state index is 5.52. The third kappa shape index (κ3) is 0.944. The van der Waals surface area contributed by atoms with Crippen molar-refractivity contribution in [1.29, 1.82) is 0 Å². The summed E-state index contributed by atoms with van der Waals surface area (Å²) in [5.41, 5.74) is 0.517. The van der Waals surface area contributed by atoms with Crippen molar-refractivity contribution in [3.05, 3.63) is 0 Å². The van der Waals surface area contributed by atoms with Gasteiger partial charge in [-0.2, -0.15) is 0 Å². The molecule has 2 aliphatic rings. The Morgan fingerprint density at radius 1 is 1.33 bits per heavy atom. The molecule has 2 fully saturated rings. The van der Waals surface area contributed by atoms with Crippen LogP contribution in [0.5, 0.6) is 0 Å². The second-order valence-electron chi connectivity index (χ2n) is 4.24. The van der Waals surface area contributed by atoms with E-state index in [2.05, 4.69) is 12.4 Å². The van der Waals surface area contributed by atoms with Gasteiger partial charge < -0.3 is 10.1 Å². The molecule has 12 heavy (non-hydrogen) atoms. The van der Waals surface area contributed by atoms with Crippen LogP contribution in [0.1, 0.15) is 32.1 Å². The van der Waals surface area contributed by atoms with Crippen molar-refractivity contribution in [3.63, 3.8) is 0 Å². The van der Waals surface area contributed by atoms with Crippen LogP contribution in [0, 0.1) is 5.41 Å². The number of ether oxygens (including phenoxy) is 1. The zero-order valence-corrected chi connectivity index (χ0v) is 8.10. The Morgan fingerprint density at radius 3 is 2.50 bits per heavy atom. The Kier molecular flexibility index (Phi) is 2.13. The summed E-state index contributed by atoms with van der Waals surface area (Å²) in [6, 6.07) is 0.727. The maximum atomic E-state index is 5.52. The largest absolute Gasteiger partial charge is 0.381 e. The molecule has 0 aromatic carbocycles. The molecule has 1 N–H and O–H groups in total. The summed E-state index contributed by atoms with van der Waals surface area (Å²) in [7, 11) is 3.94. The number of methoxy groups -OCH3 is 1. The van der Waals surface area contributed by atoms with Crippen molar-refractivity contribution < 1.29 is 4.74 Å². The van der Waals surface area contributed by atoms with Crippen molar-refractivity contribution >= 4 is 0 Å². The molecule has 2 saturated carbocycles. The van der Waals surface area contributed by atoms with Gasteiger partial charge in [-0.05, 0) is 26.3 Å². The fourth-order valence-corrected chi connectivity index (χ4v) is 3.19. The minimum atomic E-state index is 0.517. The Morgan fingerprint density at radius 2 is 2.00 bits per heavy atom. The van der Waals surface area contributed by atoms with Gasteiger partial charge in [-0.15, -0.1) is 0 Å². The summed E-state index contributed by atoms with van der Waals surface area (Å²) in [5.74, 6) is 0. The van der Waals surface area contributed by atoms with Crippen molar-refractivity contribution in [2.24, 2.45) is 5.41 Å².